The third-order valence-electron chi connectivity index (χ3n) is 2.68. The summed E-state index contributed by atoms with van der Waals surface area (Å²) in [5.41, 5.74) is 7.99. The van der Waals surface area contributed by atoms with Crippen molar-refractivity contribution in [1.82, 2.24) is 14.8 Å². The average molecular weight is 250 g/mol. The van der Waals surface area contributed by atoms with E-state index in [9.17, 15) is 4.79 Å². The van der Waals surface area contributed by atoms with Gasteiger partial charge < -0.3 is 10.3 Å². The van der Waals surface area contributed by atoms with Crippen molar-refractivity contribution in [2.75, 3.05) is 5.73 Å². The molecule has 2 heterocycles. The highest BCUT2D eigenvalue weighted by Gasteiger charge is 2.15. The zero-order valence-electron chi connectivity index (χ0n) is 10.0. The molecule has 17 heavy (non-hydrogen) atoms. The van der Waals surface area contributed by atoms with Gasteiger partial charge in [0.25, 0.3) is 5.56 Å². The maximum atomic E-state index is 12.3. The molecule has 0 radical (unpaired) electrons. The van der Waals surface area contributed by atoms with Gasteiger partial charge >= 0.3 is 0 Å². The Balaban J connectivity index is 2.74. The second-order valence-corrected chi connectivity index (χ2v) is 4.85. The van der Waals surface area contributed by atoms with Crippen LogP contribution in [0.15, 0.2) is 10.9 Å². The van der Waals surface area contributed by atoms with Crippen molar-refractivity contribution in [2.24, 2.45) is 0 Å². The maximum absolute atomic E-state index is 12.3. The summed E-state index contributed by atoms with van der Waals surface area (Å²) < 4.78 is 1.72. The van der Waals surface area contributed by atoms with E-state index in [0.717, 1.165) is 11.3 Å². The molecule has 0 spiro atoms. The summed E-state index contributed by atoms with van der Waals surface area (Å²) in [6.07, 6.45) is 0. The Morgan fingerprint density at radius 3 is 2.65 bits per heavy atom. The van der Waals surface area contributed by atoms with Crippen molar-refractivity contribution in [3.63, 3.8) is 0 Å². The molecular weight excluding hydrogens is 236 g/mol. The molecule has 2 aromatic rings. The van der Waals surface area contributed by atoms with Gasteiger partial charge in [-0.15, -0.1) is 10.2 Å². The molecular formula is C11H14N4OS. The first-order chi connectivity index (χ1) is 8.04. The molecule has 0 fully saturated rings. The van der Waals surface area contributed by atoms with Crippen LogP contribution in [0.1, 0.15) is 18.2 Å². The lowest BCUT2D eigenvalue weighted by molar-refractivity contribution is 0.700. The van der Waals surface area contributed by atoms with Gasteiger partial charge in [0, 0.05) is 12.2 Å². The number of rotatable bonds is 2. The second-order valence-electron chi connectivity index (χ2n) is 3.84. The van der Waals surface area contributed by atoms with E-state index in [1.54, 1.807) is 4.57 Å². The Hall–Kier alpha value is -1.69. The van der Waals surface area contributed by atoms with Gasteiger partial charge in [-0.2, -0.15) is 0 Å². The topological polar surface area (TPSA) is 73.8 Å². The van der Waals surface area contributed by atoms with Crippen LogP contribution in [0.25, 0.3) is 10.6 Å². The quantitative estimate of drug-likeness (QED) is 0.878. The molecule has 2 rings (SSSR count). The van der Waals surface area contributed by atoms with Gasteiger partial charge in [-0.05, 0) is 32.4 Å². The molecule has 5 nitrogen and oxygen atoms in total. The number of hydrogen-bond acceptors (Lipinski definition) is 5. The van der Waals surface area contributed by atoms with E-state index in [4.69, 9.17) is 5.73 Å². The molecule has 0 aromatic carbocycles. The molecule has 0 bridgehead atoms. The monoisotopic (exact) mass is 250 g/mol. The summed E-state index contributed by atoms with van der Waals surface area (Å²) >= 11 is 1.24. The van der Waals surface area contributed by atoms with Crippen LogP contribution in [0, 0.1) is 13.8 Å². The SMILES string of the molecule is CCn1c(C)cc(C)c(-c2nnc(N)s2)c1=O. The van der Waals surface area contributed by atoms with Crippen molar-refractivity contribution >= 4 is 16.5 Å². The van der Waals surface area contributed by atoms with Gasteiger partial charge in [0.2, 0.25) is 5.13 Å². The Bertz CT molecular complexity index is 614. The number of anilines is 1. The minimum atomic E-state index is -0.0267. The van der Waals surface area contributed by atoms with E-state index in [0.29, 0.717) is 22.2 Å². The lowest BCUT2D eigenvalue weighted by Gasteiger charge is -2.10. The number of aryl methyl sites for hydroxylation is 2. The number of aromatic nitrogens is 3. The van der Waals surface area contributed by atoms with E-state index in [1.807, 2.05) is 26.8 Å². The van der Waals surface area contributed by atoms with Gasteiger partial charge in [0.1, 0.15) is 0 Å². The van der Waals surface area contributed by atoms with Crippen molar-refractivity contribution < 1.29 is 0 Å². The van der Waals surface area contributed by atoms with Crippen molar-refractivity contribution in [2.45, 2.75) is 27.3 Å². The van der Waals surface area contributed by atoms with E-state index in [2.05, 4.69) is 10.2 Å². The van der Waals surface area contributed by atoms with Crippen LogP contribution in [0.5, 0.6) is 0 Å². The summed E-state index contributed by atoms with van der Waals surface area (Å²) in [6, 6.07) is 1.98. The zero-order chi connectivity index (χ0) is 12.6. The van der Waals surface area contributed by atoms with Gasteiger partial charge in [-0.25, -0.2) is 0 Å². The zero-order valence-corrected chi connectivity index (χ0v) is 10.8. The highest BCUT2D eigenvalue weighted by Crippen LogP contribution is 2.24. The fraction of sp³-hybridized carbons (Fsp3) is 0.364. The van der Waals surface area contributed by atoms with Crippen molar-refractivity contribution in [3.05, 3.63) is 27.7 Å². The van der Waals surface area contributed by atoms with Gasteiger partial charge in [-0.1, -0.05) is 11.3 Å². The van der Waals surface area contributed by atoms with Crippen LogP contribution in [0.3, 0.4) is 0 Å². The van der Waals surface area contributed by atoms with Gasteiger partial charge in [0.05, 0.1) is 5.56 Å². The number of nitrogens with two attached hydrogens (primary N) is 1. The number of pyridine rings is 1. The predicted octanol–water partition coefficient (Wildman–Crippen LogP) is 1.59. The molecule has 90 valence electrons. The summed E-state index contributed by atoms with van der Waals surface area (Å²) in [4.78, 5) is 12.3. The smallest absolute Gasteiger partial charge is 0.261 e. The Kier molecular flexibility index (Phi) is 2.97. The number of hydrogen-bond donors (Lipinski definition) is 1. The van der Waals surface area contributed by atoms with E-state index >= 15 is 0 Å². The molecule has 0 atom stereocenters. The summed E-state index contributed by atoms with van der Waals surface area (Å²) in [5, 5.41) is 8.66. The number of nitrogen functional groups attached to an aromatic ring is 1. The molecule has 0 aliphatic rings. The largest absolute Gasteiger partial charge is 0.374 e. The molecule has 0 saturated heterocycles. The third-order valence-corrected chi connectivity index (χ3v) is 3.45. The van der Waals surface area contributed by atoms with Crippen LogP contribution in [0.2, 0.25) is 0 Å². The standard InChI is InChI=1S/C11H14N4OS/c1-4-15-7(3)5-6(2)8(10(15)16)9-13-14-11(12)17-9/h5H,4H2,1-3H3,(H2,12,14). The molecule has 0 unspecified atom stereocenters. The summed E-state index contributed by atoms with van der Waals surface area (Å²) in [6.45, 7) is 6.42. The number of nitrogens with zero attached hydrogens (tertiary/aromatic N) is 3. The molecule has 0 aliphatic carbocycles. The summed E-state index contributed by atoms with van der Waals surface area (Å²) in [7, 11) is 0. The lowest BCUT2D eigenvalue weighted by Crippen LogP contribution is -2.24. The minimum Gasteiger partial charge on any atom is -0.374 e. The Morgan fingerprint density at radius 2 is 2.12 bits per heavy atom. The average Bonchev–Trinajstić information content (AvgIpc) is 2.64. The van der Waals surface area contributed by atoms with E-state index in [1.165, 1.54) is 11.3 Å². The predicted molar refractivity (Wildman–Crippen MR) is 69.2 cm³/mol. The molecule has 0 amide bonds. The van der Waals surface area contributed by atoms with Crippen LogP contribution in [0.4, 0.5) is 5.13 Å². The molecule has 0 aliphatic heterocycles. The first-order valence-corrected chi connectivity index (χ1v) is 6.16. The molecule has 0 saturated carbocycles. The highest BCUT2D eigenvalue weighted by molar-refractivity contribution is 7.18. The van der Waals surface area contributed by atoms with Crippen LogP contribution in [-0.2, 0) is 6.54 Å². The Labute approximate surface area is 103 Å². The van der Waals surface area contributed by atoms with Crippen molar-refractivity contribution in [3.8, 4) is 10.6 Å². The summed E-state index contributed by atoms with van der Waals surface area (Å²) in [5.74, 6) is 0. The Morgan fingerprint density at radius 1 is 1.41 bits per heavy atom. The van der Waals surface area contributed by atoms with Gasteiger partial charge in [0.15, 0.2) is 5.01 Å². The molecule has 2 N–H and O–H groups in total. The van der Waals surface area contributed by atoms with Gasteiger partial charge in [-0.3, -0.25) is 4.79 Å². The van der Waals surface area contributed by atoms with Crippen LogP contribution >= 0.6 is 11.3 Å². The first-order valence-electron chi connectivity index (χ1n) is 5.35. The fourth-order valence-corrected chi connectivity index (χ4v) is 2.63. The third kappa shape index (κ3) is 1.95. The second kappa shape index (κ2) is 4.29. The fourth-order valence-electron chi connectivity index (χ4n) is 1.92. The lowest BCUT2D eigenvalue weighted by atomic mass is 10.1. The minimum absolute atomic E-state index is 0.0267. The van der Waals surface area contributed by atoms with E-state index in [-0.39, 0.29) is 5.56 Å². The first kappa shape index (κ1) is 11.8. The normalized spacial score (nSPS) is 10.8. The van der Waals surface area contributed by atoms with Crippen LogP contribution in [-0.4, -0.2) is 14.8 Å². The molecule has 2 aromatic heterocycles. The maximum Gasteiger partial charge on any atom is 0.261 e. The molecule has 6 heteroatoms. The highest BCUT2D eigenvalue weighted by atomic mass is 32.1. The van der Waals surface area contributed by atoms with E-state index < -0.39 is 0 Å². The van der Waals surface area contributed by atoms with Crippen LogP contribution < -0.4 is 11.3 Å². The van der Waals surface area contributed by atoms with Crippen molar-refractivity contribution in [1.29, 1.82) is 0 Å².